The molecule has 34 heavy (non-hydrogen) atoms. The van der Waals surface area contributed by atoms with E-state index in [2.05, 4.69) is 109 Å². The van der Waals surface area contributed by atoms with Gasteiger partial charge in [-0.05, 0) is 54.8 Å². The molecule has 0 atom stereocenters. The van der Waals surface area contributed by atoms with Crippen LogP contribution in [0.15, 0.2) is 114 Å². The lowest BCUT2D eigenvalue weighted by molar-refractivity contribution is 0.529. The molecule has 0 fully saturated rings. The average molecular weight is 447 g/mol. The minimum Gasteiger partial charge on any atom is -0.372 e. The van der Waals surface area contributed by atoms with Crippen molar-refractivity contribution in [3.8, 4) is 0 Å². The van der Waals surface area contributed by atoms with E-state index in [-0.39, 0.29) is 0 Å². The van der Waals surface area contributed by atoms with E-state index in [0.29, 0.717) is 0 Å². The predicted octanol–water partition coefficient (Wildman–Crippen LogP) is 6.49. The van der Waals surface area contributed by atoms with Crippen molar-refractivity contribution in [3.05, 3.63) is 126 Å². The van der Waals surface area contributed by atoms with Gasteiger partial charge in [-0.1, -0.05) is 78.9 Å². The van der Waals surface area contributed by atoms with Gasteiger partial charge in [0.05, 0.1) is 5.71 Å². The van der Waals surface area contributed by atoms with Crippen molar-refractivity contribution in [2.45, 2.75) is 25.8 Å². The maximum absolute atomic E-state index is 5.22. The van der Waals surface area contributed by atoms with Crippen molar-refractivity contribution in [1.29, 1.82) is 0 Å². The SMILES string of the molecule is CCN(CC)c1ccc(C2=NN(c3ccccn3)C(c3ccccc3)(c3ccccc3)C2)cc1. The van der Waals surface area contributed by atoms with Crippen molar-refractivity contribution in [2.75, 3.05) is 23.0 Å². The first-order valence-electron chi connectivity index (χ1n) is 12.0. The number of hydrazone groups is 1. The van der Waals surface area contributed by atoms with Crippen LogP contribution in [0.3, 0.4) is 0 Å². The molecule has 4 aromatic rings. The highest BCUT2D eigenvalue weighted by Crippen LogP contribution is 2.46. The molecule has 0 saturated carbocycles. The van der Waals surface area contributed by atoms with E-state index in [4.69, 9.17) is 10.1 Å². The van der Waals surface area contributed by atoms with E-state index in [0.717, 1.165) is 36.6 Å². The van der Waals surface area contributed by atoms with Crippen LogP contribution in [0.5, 0.6) is 0 Å². The minimum absolute atomic E-state index is 0.482. The summed E-state index contributed by atoms with van der Waals surface area (Å²) in [5, 5.41) is 7.34. The van der Waals surface area contributed by atoms with E-state index >= 15 is 0 Å². The lowest BCUT2D eigenvalue weighted by Crippen LogP contribution is -2.41. The molecule has 5 rings (SSSR count). The fraction of sp³-hybridized carbons (Fsp3) is 0.200. The van der Waals surface area contributed by atoms with Crippen LogP contribution in [0.4, 0.5) is 11.5 Å². The van der Waals surface area contributed by atoms with Crippen LogP contribution in [0.2, 0.25) is 0 Å². The molecule has 2 heterocycles. The molecule has 4 heteroatoms. The highest BCUT2D eigenvalue weighted by atomic mass is 15.5. The van der Waals surface area contributed by atoms with Gasteiger partial charge in [-0.2, -0.15) is 5.10 Å². The van der Waals surface area contributed by atoms with Crippen LogP contribution in [0, 0.1) is 0 Å². The van der Waals surface area contributed by atoms with Gasteiger partial charge < -0.3 is 4.90 Å². The standard InChI is InChI=1S/C30H30N4/c1-3-33(4-2)27-20-18-24(19-21-27)28-23-30(25-13-7-5-8-14-25,26-15-9-6-10-16-26)34(32-28)29-17-11-12-22-31-29/h5-22H,3-4,23H2,1-2H3. The van der Waals surface area contributed by atoms with Crippen LogP contribution in [-0.4, -0.2) is 23.8 Å². The Morgan fingerprint density at radius 3 is 1.85 bits per heavy atom. The second-order valence-corrected chi connectivity index (χ2v) is 8.53. The fourth-order valence-electron chi connectivity index (χ4n) is 4.94. The summed E-state index contributed by atoms with van der Waals surface area (Å²) < 4.78 is 0. The number of nitrogens with zero attached hydrogens (tertiary/aromatic N) is 4. The third-order valence-electron chi connectivity index (χ3n) is 6.70. The number of hydrogen-bond acceptors (Lipinski definition) is 4. The zero-order chi connectivity index (χ0) is 23.4. The zero-order valence-electron chi connectivity index (χ0n) is 19.8. The van der Waals surface area contributed by atoms with Crippen LogP contribution in [0.1, 0.15) is 37.0 Å². The topological polar surface area (TPSA) is 31.7 Å². The van der Waals surface area contributed by atoms with Crippen molar-refractivity contribution in [1.82, 2.24) is 4.98 Å². The molecule has 1 aliphatic heterocycles. The lowest BCUT2D eigenvalue weighted by Gasteiger charge is -2.38. The minimum atomic E-state index is -0.482. The first-order valence-corrected chi connectivity index (χ1v) is 12.0. The monoisotopic (exact) mass is 446 g/mol. The normalized spacial score (nSPS) is 14.6. The smallest absolute Gasteiger partial charge is 0.150 e. The molecule has 0 radical (unpaired) electrons. The first kappa shape index (κ1) is 21.9. The highest BCUT2D eigenvalue weighted by Gasteiger charge is 2.47. The molecule has 0 unspecified atom stereocenters. The maximum Gasteiger partial charge on any atom is 0.150 e. The van der Waals surface area contributed by atoms with Gasteiger partial charge in [0.15, 0.2) is 0 Å². The zero-order valence-corrected chi connectivity index (χ0v) is 19.8. The summed E-state index contributed by atoms with van der Waals surface area (Å²) in [4.78, 5) is 7.07. The molecule has 1 aliphatic rings. The van der Waals surface area contributed by atoms with Crippen LogP contribution >= 0.6 is 0 Å². The molecule has 1 aromatic heterocycles. The van der Waals surface area contributed by atoms with Crippen molar-refractivity contribution in [3.63, 3.8) is 0 Å². The summed E-state index contributed by atoms with van der Waals surface area (Å²) >= 11 is 0. The van der Waals surface area contributed by atoms with Crippen LogP contribution < -0.4 is 9.91 Å². The summed E-state index contributed by atoms with van der Waals surface area (Å²) in [6.07, 6.45) is 2.59. The third-order valence-corrected chi connectivity index (χ3v) is 6.70. The van der Waals surface area contributed by atoms with Crippen molar-refractivity contribution in [2.24, 2.45) is 5.10 Å². The molecule has 3 aromatic carbocycles. The van der Waals surface area contributed by atoms with Gasteiger partial charge in [0.25, 0.3) is 0 Å². The second-order valence-electron chi connectivity index (χ2n) is 8.53. The van der Waals surface area contributed by atoms with E-state index < -0.39 is 5.54 Å². The molecule has 0 bridgehead atoms. The first-order chi connectivity index (χ1) is 16.8. The number of aromatic nitrogens is 1. The third kappa shape index (κ3) is 3.86. The van der Waals surface area contributed by atoms with E-state index in [1.54, 1.807) is 0 Å². The fourth-order valence-corrected chi connectivity index (χ4v) is 4.94. The largest absolute Gasteiger partial charge is 0.372 e. The van der Waals surface area contributed by atoms with Gasteiger partial charge in [0.1, 0.15) is 11.4 Å². The molecular formula is C30H30N4. The Morgan fingerprint density at radius 2 is 1.32 bits per heavy atom. The highest BCUT2D eigenvalue weighted by molar-refractivity contribution is 6.04. The van der Waals surface area contributed by atoms with Crippen LogP contribution in [-0.2, 0) is 5.54 Å². The molecule has 4 nitrogen and oxygen atoms in total. The Labute approximate surface area is 202 Å². The number of rotatable bonds is 7. The molecular weight excluding hydrogens is 416 g/mol. The maximum atomic E-state index is 5.22. The molecule has 0 amide bonds. The molecule has 170 valence electrons. The van der Waals surface area contributed by atoms with Gasteiger partial charge in [-0.25, -0.2) is 9.99 Å². The Balaban J connectivity index is 1.65. The summed E-state index contributed by atoms with van der Waals surface area (Å²) in [7, 11) is 0. The Bertz CT molecular complexity index is 1190. The number of hydrogen-bond donors (Lipinski definition) is 0. The summed E-state index contributed by atoms with van der Waals surface area (Å²) in [6, 6.07) is 36.2. The molecule has 0 aliphatic carbocycles. The van der Waals surface area contributed by atoms with E-state index in [1.807, 2.05) is 24.4 Å². The van der Waals surface area contributed by atoms with E-state index in [1.165, 1.54) is 16.8 Å². The van der Waals surface area contributed by atoms with Gasteiger partial charge in [-0.3, -0.25) is 0 Å². The van der Waals surface area contributed by atoms with Gasteiger partial charge in [-0.15, -0.1) is 0 Å². The van der Waals surface area contributed by atoms with Gasteiger partial charge >= 0.3 is 0 Å². The van der Waals surface area contributed by atoms with Crippen LogP contribution in [0.25, 0.3) is 0 Å². The number of benzene rings is 3. The van der Waals surface area contributed by atoms with Gasteiger partial charge in [0, 0.05) is 31.4 Å². The van der Waals surface area contributed by atoms with E-state index in [9.17, 15) is 0 Å². The lowest BCUT2D eigenvalue weighted by atomic mass is 9.78. The Morgan fingerprint density at radius 1 is 0.735 bits per heavy atom. The summed E-state index contributed by atoms with van der Waals surface area (Å²) in [6.45, 7) is 6.37. The van der Waals surface area contributed by atoms with Crippen molar-refractivity contribution >= 4 is 17.2 Å². The molecule has 0 spiro atoms. The quantitative estimate of drug-likeness (QED) is 0.325. The number of anilines is 2. The molecule has 0 saturated heterocycles. The number of pyridine rings is 1. The summed E-state index contributed by atoms with van der Waals surface area (Å²) in [5.74, 6) is 0.838. The second kappa shape index (κ2) is 9.52. The Kier molecular flexibility index (Phi) is 6.13. The Hall–Kier alpha value is -3.92. The molecule has 0 N–H and O–H groups in total. The predicted molar refractivity (Wildman–Crippen MR) is 142 cm³/mol. The summed E-state index contributed by atoms with van der Waals surface area (Å²) in [5.41, 5.74) is 5.36. The average Bonchev–Trinajstić information content (AvgIpc) is 3.33. The van der Waals surface area contributed by atoms with Crippen molar-refractivity contribution < 1.29 is 0 Å². The van der Waals surface area contributed by atoms with Gasteiger partial charge in [0.2, 0.25) is 0 Å².